The molecule has 0 radical (unpaired) electrons. The lowest BCUT2D eigenvalue weighted by molar-refractivity contribution is -0.167. The molecule has 0 aliphatic rings. The Balaban J connectivity index is 4.46. The third kappa shape index (κ3) is 51.4. The van der Waals surface area contributed by atoms with Crippen molar-refractivity contribution in [3.63, 3.8) is 0 Å². The number of esters is 3. The Bertz CT molecular complexity index is 1270. The summed E-state index contributed by atoms with van der Waals surface area (Å²) < 4.78 is 16.8. The number of rotatable bonds is 48. The number of carbonyl (C=O) groups is 3. The number of carbonyl (C=O) groups excluding carboxylic acids is 3. The summed E-state index contributed by atoms with van der Waals surface area (Å²) in [6, 6.07) is 0. The molecule has 0 aromatic heterocycles. The van der Waals surface area contributed by atoms with E-state index in [1.807, 2.05) is 72.9 Å². The number of ether oxygens (including phenoxy) is 3. The highest BCUT2D eigenvalue weighted by molar-refractivity contribution is 5.71. The Morgan fingerprint density at radius 3 is 0.938 bits per heavy atom. The third-order valence-corrected chi connectivity index (χ3v) is 11.6. The first-order chi connectivity index (χ1) is 32.0. The molecule has 1 unspecified atom stereocenters. The molecule has 0 aliphatic carbocycles. The highest BCUT2D eigenvalue weighted by Gasteiger charge is 2.19. The highest BCUT2D eigenvalue weighted by Crippen LogP contribution is 2.16. The van der Waals surface area contributed by atoms with Gasteiger partial charge in [0.15, 0.2) is 6.10 Å². The highest BCUT2D eigenvalue weighted by atomic mass is 16.6. The molecule has 6 nitrogen and oxygen atoms in total. The normalized spacial score (nSPS) is 12.7. The molecule has 0 aromatic carbocycles. The molecule has 0 heterocycles. The van der Waals surface area contributed by atoms with E-state index in [0.717, 1.165) is 70.6 Å². The first-order valence-corrected chi connectivity index (χ1v) is 27.2. The summed E-state index contributed by atoms with van der Waals surface area (Å²) in [4.78, 5) is 38.0. The van der Waals surface area contributed by atoms with Gasteiger partial charge in [0.25, 0.3) is 0 Å². The van der Waals surface area contributed by atoms with Gasteiger partial charge in [-0.2, -0.15) is 0 Å². The lowest BCUT2D eigenvalue weighted by Crippen LogP contribution is -2.30. The van der Waals surface area contributed by atoms with E-state index in [-0.39, 0.29) is 31.1 Å². The summed E-state index contributed by atoms with van der Waals surface area (Å²) in [5.41, 5.74) is 0. The first-order valence-electron chi connectivity index (χ1n) is 27.2. The second-order valence-electron chi connectivity index (χ2n) is 18.0. The second-order valence-corrected chi connectivity index (χ2v) is 18.0. The van der Waals surface area contributed by atoms with Gasteiger partial charge in [0, 0.05) is 19.3 Å². The summed E-state index contributed by atoms with van der Waals surface area (Å²) >= 11 is 0. The SMILES string of the molecule is CC\C=C/C=C\C=C/C=C\C=C\C=C/C=C\CCCCCC(=O)OCC(COC(=O)CCCCCCCCCCCCCC)OC(=O)CCCCCCCCCCCCCCCCCC. The molecule has 0 bridgehead atoms. The standard InChI is InChI=1S/C59H100O6/c1-4-7-10-13-16-19-22-25-27-29-30-31-33-34-37-40-43-46-49-52-58(61)64-55-56(54-63-57(60)51-48-45-42-39-36-24-21-18-15-12-9-6-3)65-59(62)53-50-47-44-41-38-35-32-28-26-23-20-17-14-11-8-5-2/h7,10,13,16,19,22,25,27,29-31,33-34,37,56H,4-6,8-9,11-12,14-15,17-18,20-21,23-24,26,28,32,35-36,38-55H2,1-3H3/b10-7-,16-13-,22-19-,27-25-,30-29+,33-31-,37-34-. The van der Waals surface area contributed by atoms with Crippen molar-refractivity contribution >= 4 is 17.9 Å². The molecule has 0 rings (SSSR count). The van der Waals surface area contributed by atoms with Crippen molar-refractivity contribution in [2.45, 2.75) is 258 Å². The number of unbranched alkanes of at least 4 members (excludes halogenated alkanes) is 29. The quantitative estimate of drug-likeness (QED) is 0.0262. The molecule has 6 heteroatoms. The fourth-order valence-electron chi connectivity index (χ4n) is 7.54. The van der Waals surface area contributed by atoms with Crippen LogP contribution in [0.15, 0.2) is 85.1 Å². The van der Waals surface area contributed by atoms with E-state index < -0.39 is 6.10 Å². The van der Waals surface area contributed by atoms with Crippen LogP contribution in [0.3, 0.4) is 0 Å². The van der Waals surface area contributed by atoms with E-state index in [0.29, 0.717) is 19.3 Å². The second kappa shape index (κ2) is 53.2. The molecular weight excluding hydrogens is 805 g/mol. The van der Waals surface area contributed by atoms with Crippen LogP contribution in [0, 0.1) is 0 Å². The van der Waals surface area contributed by atoms with E-state index in [2.05, 4.69) is 32.9 Å². The Morgan fingerprint density at radius 1 is 0.323 bits per heavy atom. The molecule has 0 aromatic rings. The zero-order valence-electron chi connectivity index (χ0n) is 42.5. The van der Waals surface area contributed by atoms with E-state index in [1.165, 1.54) is 141 Å². The predicted molar refractivity (Wildman–Crippen MR) is 279 cm³/mol. The number of hydrogen-bond donors (Lipinski definition) is 0. The van der Waals surface area contributed by atoms with Crippen LogP contribution in [0.1, 0.15) is 252 Å². The summed E-state index contributed by atoms with van der Waals surface area (Å²) in [7, 11) is 0. The van der Waals surface area contributed by atoms with Gasteiger partial charge in [-0.3, -0.25) is 14.4 Å². The summed E-state index contributed by atoms with van der Waals surface area (Å²) in [5, 5.41) is 0. The summed E-state index contributed by atoms with van der Waals surface area (Å²) in [5.74, 6) is -0.929. The summed E-state index contributed by atoms with van der Waals surface area (Å²) in [6.07, 6.45) is 68.5. The van der Waals surface area contributed by atoms with Crippen molar-refractivity contribution in [2.75, 3.05) is 13.2 Å². The van der Waals surface area contributed by atoms with Crippen LogP contribution in [0.25, 0.3) is 0 Å². The van der Waals surface area contributed by atoms with Gasteiger partial charge < -0.3 is 14.2 Å². The van der Waals surface area contributed by atoms with Gasteiger partial charge in [-0.1, -0.05) is 279 Å². The Kier molecular flexibility index (Phi) is 50.4. The zero-order chi connectivity index (χ0) is 47.2. The van der Waals surface area contributed by atoms with E-state index in [4.69, 9.17) is 14.2 Å². The van der Waals surface area contributed by atoms with Crippen molar-refractivity contribution in [2.24, 2.45) is 0 Å². The van der Waals surface area contributed by atoms with Crippen molar-refractivity contribution in [3.8, 4) is 0 Å². The maximum absolute atomic E-state index is 12.8. The molecule has 0 amide bonds. The largest absolute Gasteiger partial charge is 0.462 e. The molecule has 0 N–H and O–H groups in total. The Morgan fingerprint density at radius 2 is 0.600 bits per heavy atom. The third-order valence-electron chi connectivity index (χ3n) is 11.6. The number of allylic oxidation sites excluding steroid dienone is 14. The lowest BCUT2D eigenvalue weighted by Gasteiger charge is -2.18. The minimum absolute atomic E-state index is 0.0884. The maximum atomic E-state index is 12.8. The molecule has 65 heavy (non-hydrogen) atoms. The molecule has 0 saturated heterocycles. The van der Waals surface area contributed by atoms with Crippen LogP contribution in [-0.2, 0) is 28.6 Å². The van der Waals surface area contributed by atoms with Crippen LogP contribution in [0.5, 0.6) is 0 Å². The van der Waals surface area contributed by atoms with Crippen LogP contribution < -0.4 is 0 Å². The van der Waals surface area contributed by atoms with Gasteiger partial charge in [-0.05, 0) is 38.5 Å². The van der Waals surface area contributed by atoms with Crippen LogP contribution in [-0.4, -0.2) is 37.2 Å². The zero-order valence-corrected chi connectivity index (χ0v) is 42.5. The maximum Gasteiger partial charge on any atom is 0.306 e. The average Bonchev–Trinajstić information content (AvgIpc) is 3.30. The van der Waals surface area contributed by atoms with Gasteiger partial charge in [0.05, 0.1) is 0 Å². The van der Waals surface area contributed by atoms with Gasteiger partial charge >= 0.3 is 17.9 Å². The van der Waals surface area contributed by atoms with Crippen LogP contribution in [0.4, 0.5) is 0 Å². The van der Waals surface area contributed by atoms with Crippen molar-refractivity contribution in [1.82, 2.24) is 0 Å². The molecule has 0 saturated carbocycles. The molecule has 372 valence electrons. The minimum Gasteiger partial charge on any atom is -0.462 e. The van der Waals surface area contributed by atoms with Crippen LogP contribution >= 0.6 is 0 Å². The monoisotopic (exact) mass is 905 g/mol. The predicted octanol–water partition coefficient (Wildman–Crippen LogP) is 18.0. The Labute approximate surface area is 401 Å². The lowest BCUT2D eigenvalue weighted by atomic mass is 10.0. The van der Waals surface area contributed by atoms with Crippen molar-refractivity contribution < 1.29 is 28.6 Å². The average molecular weight is 905 g/mol. The minimum atomic E-state index is -0.792. The molecule has 1 atom stereocenters. The van der Waals surface area contributed by atoms with E-state index >= 15 is 0 Å². The summed E-state index contributed by atoms with van der Waals surface area (Å²) in [6.45, 7) is 6.46. The van der Waals surface area contributed by atoms with Gasteiger partial charge in [-0.15, -0.1) is 0 Å². The number of hydrogen-bond acceptors (Lipinski definition) is 6. The first kappa shape index (κ1) is 61.6. The molecular formula is C59H100O6. The van der Waals surface area contributed by atoms with Crippen molar-refractivity contribution in [3.05, 3.63) is 85.1 Å². The Hall–Kier alpha value is -3.41. The fourth-order valence-corrected chi connectivity index (χ4v) is 7.54. The fraction of sp³-hybridized carbons (Fsp3) is 0.712. The van der Waals surface area contributed by atoms with Crippen LogP contribution in [0.2, 0.25) is 0 Å². The van der Waals surface area contributed by atoms with E-state index in [1.54, 1.807) is 0 Å². The smallest absolute Gasteiger partial charge is 0.306 e. The molecule has 0 spiro atoms. The molecule has 0 aliphatic heterocycles. The van der Waals surface area contributed by atoms with Gasteiger partial charge in [0.1, 0.15) is 13.2 Å². The van der Waals surface area contributed by atoms with E-state index in [9.17, 15) is 14.4 Å². The van der Waals surface area contributed by atoms with Crippen molar-refractivity contribution in [1.29, 1.82) is 0 Å². The molecule has 0 fully saturated rings. The topological polar surface area (TPSA) is 78.9 Å². The van der Waals surface area contributed by atoms with Gasteiger partial charge in [0.2, 0.25) is 0 Å². The van der Waals surface area contributed by atoms with Gasteiger partial charge in [-0.25, -0.2) is 0 Å².